The quantitative estimate of drug-likeness (QED) is 0.617. The third kappa shape index (κ3) is 4.45. The molecule has 0 aliphatic carbocycles. The van der Waals surface area contributed by atoms with Gasteiger partial charge < -0.3 is 4.90 Å². The first-order chi connectivity index (χ1) is 15.1. The summed E-state index contributed by atoms with van der Waals surface area (Å²) in [4.78, 5) is 24.7. The molecule has 3 heterocycles. The first kappa shape index (κ1) is 22.2. The molecule has 1 aliphatic rings. The van der Waals surface area contributed by atoms with Crippen LogP contribution in [0.3, 0.4) is 0 Å². The molecule has 4 rings (SSSR count). The zero-order chi connectivity index (χ0) is 23.0. The predicted molar refractivity (Wildman–Crippen MR) is 112 cm³/mol. The van der Waals surface area contributed by atoms with Gasteiger partial charge in [0.05, 0.1) is 6.42 Å². The van der Waals surface area contributed by atoms with Crippen molar-refractivity contribution in [2.24, 2.45) is 0 Å². The van der Waals surface area contributed by atoms with Crippen LogP contribution in [-0.2, 0) is 23.9 Å². The molecule has 3 aromatic rings. The Morgan fingerprint density at radius 2 is 1.72 bits per heavy atom. The molecule has 0 bridgehead atoms. The summed E-state index contributed by atoms with van der Waals surface area (Å²) in [5.74, 6) is -1.42. The lowest BCUT2D eigenvalue weighted by molar-refractivity contribution is -0.144. The molecule has 7 nitrogen and oxygen atoms in total. The molecular formula is C22H25F3N6O. The summed E-state index contributed by atoms with van der Waals surface area (Å²) in [5, 5.41) is 3.55. The van der Waals surface area contributed by atoms with Gasteiger partial charge in [-0.3, -0.25) is 9.69 Å². The van der Waals surface area contributed by atoms with Gasteiger partial charge in [0.15, 0.2) is 0 Å². The van der Waals surface area contributed by atoms with E-state index in [2.05, 4.69) is 39.0 Å². The normalized spacial score (nSPS) is 15.5. The molecule has 32 heavy (non-hydrogen) atoms. The van der Waals surface area contributed by atoms with E-state index in [1.165, 1.54) is 11.1 Å². The Morgan fingerprint density at radius 3 is 2.38 bits per heavy atom. The summed E-state index contributed by atoms with van der Waals surface area (Å²) >= 11 is 0. The molecule has 1 aromatic carbocycles. The van der Waals surface area contributed by atoms with E-state index in [1.807, 2.05) is 12.1 Å². The van der Waals surface area contributed by atoms with Gasteiger partial charge in [0, 0.05) is 49.7 Å². The molecule has 10 heteroatoms. The zero-order valence-electron chi connectivity index (χ0n) is 18.3. The predicted octanol–water partition coefficient (Wildman–Crippen LogP) is 2.96. The van der Waals surface area contributed by atoms with Crippen LogP contribution in [0.15, 0.2) is 24.3 Å². The van der Waals surface area contributed by atoms with Gasteiger partial charge in [-0.15, -0.1) is 5.10 Å². The molecule has 170 valence electrons. The summed E-state index contributed by atoms with van der Waals surface area (Å²) in [6.07, 6.45) is -4.58. The van der Waals surface area contributed by atoms with Crippen molar-refractivity contribution in [1.29, 1.82) is 0 Å². The van der Waals surface area contributed by atoms with Crippen LogP contribution in [0.1, 0.15) is 33.9 Å². The molecule has 0 saturated carbocycles. The number of hydrogen-bond donors (Lipinski definition) is 0. The molecule has 0 unspecified atom stereocenters. The van der Waals surface area contributed by atoms with Crippen LogP contribution in [-0.4, -0.2) is 61.5 Å². The lowest BCUT2D eigenvalue weighted by Gasteiger charge is -2.35. The average molecular weight is 446 g/mol. The summed E-state index contributed by atoms with van der Waals surface area (Å²) in [6, 6.07) is 8.27. The summed E-state index contributed by atoms with van der Waals surface area (Å²) in [7, 11) is 0. The highest BCUT2D eigenvalue weighted by molar-refractivity contribution is 5.79. The van der Waals surface area contributed by atoms with Gasteiger partial charge in [-0.2, -0.15) is 18.2 Å². The highest BCUT2D eigenvalue weighted by atomic mass is 19.4. The standard InChI is InChI=1S/C22H25F3N6O/c1-14-6-4-5-7-17(14)13-29-8-10-30(11-9-29)19(32)12-18-15(2)26-21-27-20(22(23,24)25)28-31(21)16(18)3/h4-7H,8-13H2,1-3H3. The largest absolute Gasteiger partial charge is 0.453 e. The minimum atomic E-state index is -4.65. The van der Waals surface area contributed by atoms with Gasteiger partial charge >= 0.3 is 6.18 Å². The monoisotopic (exact) mass is 446 g/mol. The number of carbonyl (C=O) groups is 1. The maximum atomic E-state index is 13.0. The van der Waals surface area contributed by atoms with E-state index in [0.717, 1.165) is 24.1 Å². The van der Waals surface area contributed by atoms with Crippen LogP contribution in [0.2, 0.25) is 0 Å². The molecule has 2 aromatic heterocycles. The van der Waals surface area contributed by atoms with Crippen molar-refractivity contribution in [2.75, 3.05) is 26.2 Å². The minimum absolute atomic E-state index is 0.0657. The Labute approximate surface area is 183 Å². The van der Waals surface area contributed by atoms with Gasteiger partial charge in [0.25, 0.3) is 11.6 Å². The van der Waals surface area contributed by atoms with Crippen molar-refractivity contribution in [3.8, 4) is 0 Å². The van der Waals surface area contributed by atoms with Crippen molar-refractivity contribution in [1.82, 2.24) is 29.4 Å². The van der Waals surface area contributed by atoms with E-state index in [0.29, 0.717) is 30.0 Å². The zero-order valence-corrected chi connectivity index (χ0v) is 18.3. The summed E-state index contributed by atoms with van der Waals surface area (Å²) < 4.78 is 40.0. The molecule has 0 atom stereocenters. The first-order valence-electron chi connectivity index (χ1n) is 10.5. The van der Waals surface area contributed by atoms with Crippen molar-refractivity contribution in [2.45, 2.75) is 39.9 Å². The van der Waals surface area contributed by atoms with Crippen molar-refractivity contribution in [3.63, 3.8) is 0 Å². The fourth-order valence-electron chi connectivity index (χ4n) is 4.03. The van der Waals surface area contributed by atoms with E-state index in [9.17, 15) is 18.0 Å². The Bertz CT molecular complexity index is 1150. The lowest BCUT2D eigenvalue weighted by atomic mass is 10.1. The van der Waals surface area contributed by atoms with E-state index in [1.54, 1.807) is 18.7 Å². The SMILES string of the molecule is Cc1ccccc1CN1CCN(C(=O)Cc2c(C)nc3nc(C(F)(F)F)nn3c2C)CC1. The second-order valence-corrected chi connectivity index (χ2v) is 8.17. The molecule has 1 fully saturated rings. The van der Waals surface area contributed by atoms with Gasteiger partial charge in [-0.25, -0.2) is 9.50 Å². The number of nitrogens with zero attached hydrogens (tertiary/aromatic N) is 6. The molecule has 0 N–H and O–H groups in total. The minimum Gasteiger partial charge on any atom is -0.340 e. The summed E-state index contributed by atoms with van der Waals surface area (Å²) in [6.45, 7) is 9.02. The Hall–Kier alpha value is -3.01. The highest BCUT2D eigenvalue weighted by Gasteiger charge is 2.37. The molecule has 0 spiro atoms. The number of rotatable bonds is 4. The number of piperazine rings is 1. The molecule has 0 radical (unpaired) electrons. The number of hydrogen-bond acceptors (Lipinski definition) is 5. The topological polar surface area (TPSA) is 66.6 Å². The maximum Gasteiger partial charge on any atom is 0.453 e. The van der Waals surface area contributed by atoms with Crippen LogP contribution >= 0.6 is 0 Å². The number of halogens is 3. The van der Waals surface area contributed by atoms with Crippen molar-refractivity contribution < 1.29 is 18.0 Å². The van der Waals surface area contributed by atoms with E-state index in [4.69, 9.17) is 0 Å². The van der Waals surface area contributed by atoms with Gasteiger partial charge in [-0.1, -0.05) is 24.3 Å². The first-order valence-corrected chi connectivity index (χ1v) is 10.5. The van der Waals surface area contributed by atoms with Crippen LogP contribution in [0.4, 0.5) is 13.2 Å². The number of benzene rings is 1. The van der Waals surface area contributed by atoms with Crippen LogP contribution in [0.25, 0.3) is 5.78 Å². The van der Waals surface area contributed by atoms with Crippen LogP contribution < -0.4 is 0 Å². The summed E-state index contributed by atoms with van der Waals surface area (Å²) in [5.41, 5.74) is 4.05. The average Bonchev–Trinajstić information content (AvgIpc) is 3.18. The Morgan fingerprint density at radius 1 is 1.03 bits per heavy atom. The third-order valence-corrected chi connectivity index (χ3v) is 6.01. The van der Waals surface area contributed by atoms with Crippen LogP contribution in [0.5, 0.6) is 0 Å². The molecule has 1 amide bonds. The molecule has 1 saturated heterocycles. The number of aromatic nitrogens is 4. The fourth-order valence-corrected chi connectivity index (χ4v) is 4.03. The van der Waals surface area contributed by atoms with Gasteiger partial charge in [0.2, 0.25) is 5.91 Å². The van der Waals surface area contributed by atoms with Crippen molar-refractivity contribution >= 4 is 11.7 Å². The van der Waals surface area contributed by atoms with Crippen LogP contribution in [0, 0.1) is 20.8 Å². The van der Waals surface area contributed by atoms with E-state index < -0.39 is 12.0 Å². The lowest BCUT2D eigenvalue weighted by Crippen LogP contribution is -2.48. The number of alkyl halides is 3. The number of fused-ring (bicyclic) bond motifs is 1. The Balaban J connectivity index is 1.43. The number of carbonyl (C=O) groups excluding carboxylic acids is 1. The van der Waals surface area contributed by atoms with Gasteiger partial charge in [0.1, 0.15) is 0 Å². The van der Waals surface area contributed by atoms with E-state index in [-0.39, 0.29) is 18.1 Å². The van der Waals surface area contributed by atoms with E-state index >= 15 is 0 Å². The molecular weight excluding hydrogens is 421 g/mol. The number of aryl methyl sites for hydroxylation is 3. The smallest absolute Gasteiger partial charge is 0.340 e. The maximum absolute atomic E-state index is 13.0. The number of amides is 1. The fraction of sp³-hybridized carbons (Fsp3) is 0.455. The third-order valence-electron chi connectivity index (χ3n) is 6.01. The Kier molecular flexibility index (Phi) is 5.89. The highest BCUT2D eigenvalue weighted by Crippen LogP contribution is 2.27. The second kappa shape index (κ2) is 8.50. The molecule has 1 aliphatic heterocycles. The van der Waals surface area contributed by atoms with Gasteiger partial charge in [-0.05, 0) is 31.9 Å². The second-order valence-electron chi connectivity index (χ2n) is 8.17. The van der Waals surface area contributed by atoms with Crippen molar-refractivity contribution in [3.05, 3.63) is 58.2 Å².